The van der Waals surface area contributed by atoms with E-state index in [4.69, 9.17) is 16.4 Å². The van der Waals surface area contributed by atoms with Gasteiger partial charge in [-0.3, -0.25) is 0 Å². The Morgan fingerprint density at radius 3 is 2.58 bits per heavy atom. The van der Waals surface area contributed by atoms with E-state index in [1.165, 1.54) is 0 Å². The average Bonchev–Trinajstić information content (AvgIpc) is 2.71. The van der Waals surface area contributed by atoms with Crippen molar-refractivity contribution in [1.29, 1.82) is 0 Å². The molecule has 0 amide bonds. The lowest BCUT2D eigenvalue weighted by molar-refractivity contribution is 0.162. The van der Waals surface area contributed by atoms with Gasteiger partial charge in [-0.2, -0.15) is 0 Å². The zero-order valence-electron chi connectivity index (χ0n) is 10.7. The third kappa shape index (κ3) is 2.75. The number of rotatable bonds is 4. The Labute approximate surface area is 117 Å². The number of sulfonamides is 1. The van der Waals surface area contributed by atoms with Crippen LogP contribution in [0.3, 0.4) is 0 Å². The van der Waals surface area contributed by atoms with E-state index in [9.17, 15) is 8.42 Å². The van der Waals surface area contributed by atoms with Crippen LogP contribution >= 0.6 is 11.6 Å². The van der Waals surface area contributed by atoms with Gasteiger partial charge in [-0.15, -0.1) is 0 Å². The van der Waals surface area contributed by atoms with E-state index >= 15 is 0 Å². The number of hydrogen-bond donors (Lipinski definition) is 1. The van der Waals surface area contributed by atoms with Gasteiger partial charge in [0.1, 0.15) is 6.61 Å². The number of oxime groups is 1. The summed E-state index contributed by atoms with van der Waals surface area (Å²) in [5.41, 5.74) is 1.29. The van der Waals surface area contributed by atoms with Crippen molar-refractivity contribution < 1.29 is 13.3 Å². The molecule has 7 heteroatoms. The number of halogens is 1. The zero-order chi connectivity index (χ0) is 14.1. The molecule has 0 saturated carbocycles. The highest BCUT2D eigenvalue weighted by Gasteiger charge is 2.46. The summed E-state index contributed by atoms with van der Waals surface area (Å²) in [5, 5.41) is 4.32. The summed E-state index contributed by atoms with van der Waals surface area (Å²) in [6.45, 7) is 3.49. The maximum Gasteiger partial charge on any atom is 0.226 e. The Morgan fingerprint density at radius 2 is 2.05 bits per heavy atom. The molecule has 0 saturated heterocycles. The van der Waals surface area contributed by atoms with Gasteiger partial charge < -0.3 is 4.84 Å². The molecule has 1 N–H and O–H groups in total. The number of benzene rings is 1. The van der Waals surface area contributed by atoms with E-state index in [-0.39, 0.29) is 13.2 Å². The number of nitrogens with zero attached hydrogens (tertiary/aromatic N) is 1. The molecule has 0 aliphatic carbocycles. The van der Waals surface area contributed by atoms with Crippen LogP contribution in [-0.4, -0.2) is 25.5 Å². The quantitative estimate of drug-likeness (QED) is 0.924. The molecule has 0 bridgehead atoms. The van der Waals surface area contributed by atoms with Crippen LogP contribution in [0, 0.1) is 0 Å². The Hall–Kier alpha value is -1.11. The van der Waals surface area contributed by atoms with E-state index in [0.29, 0.717) is 10.7 Å². The minimum absolute atomic E-state index is 0.0365. The van der Waals surface area contributed by atoms with E-state index in [1.54, 1.807) is 38.1 Å². The molecule has 1 heterocycles. The average molecular weight is 303 g/mol. The Bertz CT molecular complexity index is 598. The summed E-state index contributed by atoms with van der Waals surface area (Å²) in [5.74, 6) is 0. The van der Waals surface area contributed by atoms with Crippen molar-refractivity contribution in [3.05, 3.63) is 34.9 Å². The van der Waals surface area contributed by atoms with Crippen LogP contribution in [0.4, 0.5) is 0 Å². The summed E-state index contributed by atoms with van der Waals surface area (Å²) in [6.07, 6.45) is 0. The fourth-order valence-corrected chi connectivity index (χ4v) is 3.10. The van der Waals surface area contributed by atoms with Crippen LogP contribution in [0.2, 0.25) is 5.02 Å². The largest absolute Gasteiger partial charge is 0.394 e. The second-order valence-electron chi connectivity index (χ2n) is 4.63. The molecule has 1 aliphatic rings. The third-order valence-corrected chi connectivity index (χ3v) is 5.66. The first kappa shape index (κ1) is 14.3. The molecule has 19 heavy (non-hydrogen) atoms. The second kappa shape index (κ2) is 5.11. The normalized spacial score (nSPS) is 23.0. The van der Waals surface area contributed by atoms with Gasteiger partial charge >= 0.3 is 0 Å². The molecule has 5 nitrogen and oxygen atoms in total. The monoisotopic (exact) mass is 302 g/mol. The van der Waals surface area contributed by atoms with Crippen LogP contribution < -0.4 is 4.72 Å². The molecular formula is C12H15ClN2O3S. The Morgan fingerprint density at radius 1 is 1.42 bits per heavy atom. The van der Waals surface area contributed by atoms with Crippen molar-refractivity contribution >= 4 is 27.3 Å². The molecule has 0 radical (unpaired) electrons. The van der Waals surface area contributed by atoms with Crippen molar-refractivity contribution in [3.63, 3.8) is 0 Å². The first-order chi connectivity index (χ1) is 8.85. The van der Waals surface area contributed by atoms with Crippen molar-refractivity contribution in [2.24, 2.45) is 5.16 Å². The molecular weight excluding hydrogens is 288 g/mol. The summed E-state index contributed by atoms with van der Waals surface area (Å²) in [4.78, 5) is 4.88. The lowest BCUT2D eigenvalue weighted by Gasteiger charge is -2.22. The van der Waals surface area contributed by atoms with E-state index in [2.05, 4.69) is 9.88 Å². The van der Waals surface area contributed by atoms with Crippen LogP contribution in [0.1, 0.15) is 19.4 Å². The molecule has 0 spiro atoms. The molecule has 0 aromatic heterocycles. The topological polar surface area (TPSA) is 67.8 Å². The van der Waals surface area contributed by atoms with Crippen molar-refractivity contribution in [2.45, 2.75) is 25.1 Å². The molecule has 0 fully saturated rings. The van der Waals surface area contributed by atoms with Gasteiger partial charge in [-0.05, 0) is 31.5 Å². The predicted molar refractivity (Wildman–Crippen MR) is 74.7 cm³/mol. The fourth-order valence-electron chi connectivity index (χ4n) is 1.67. The summed E-state index contributed by atoms with van der Waals surface area (Å²) >= 11 is 5.78. The van der Waals surface area contributed by atoms with Gasteiger partial charge in [0.05, 0.1) is 5.71 Å². The minimum atomic E-state index is -3.56. The van der Waals surface area contributed by atoms with Crippen molar-refractivity contribution in [3.8, 4) is 0 Å². The highest BCUT2D eigenvalue weighted by molar-refractivity contribution is 7.91. The fraction of sp³-hybridized carbons (Fsp3) is 0.417. The maximum absolute atomic E-state index is 12.3. The molecule has 1 aromatic carbocycles. The van der Waals surface area contributed by atoms with Crippen molar-refractivity contribution in [2.75, 3.05) is 6.61 Å². The Balaban J connectivity index is 2.10. The lowest BCUT2D eigenvalue weighted by Crippen LogP contribution is -2.49. The summed E-state index contributed by atoms with van der Waals surface area (Å²) in [7, 11) is -3.56. The molecule has 1 aliphatic heterocycles. The highest BCUT2D eigenvalue weighted by atomic mass is 35.5. The number of hydrogen-bond acceptors (Lipinski definition) is 4. The van der Waals surface area contributed by atoms with E-state index in [0.717, 1.165) is 5.56 Å². The third-order valence-electron chi connectivity index (χ3n) is 3.28. The second-order valence-corrected chi connectivity index (χ2v) is 7.27. The summed E-state index contributed by atoms with van der Waals surface area (Å²) < 4.78 is 26.1. The Kier molecular flexibility index (Phi) is 3.85. The first-order valence-electron chi connectivity index (χ1n) is 5.76. The van der Waals surface area contributed by atoms with E-state index in [1.807, 2.05) is 0 Å². The molecule has 1 atom stereocenters. The van der Waals surface area contributed by atoms with Gasteiger partial charge in [0.25, 0.3) is 0 Å². The van der Waals surface area contributed by atoms with Gasteiger partial charge in [0, 0.05) is 11.6 Å². The highest BCUT2D eigenvalue weighted by Crippen LogP contribution is 2.24. The maximum atomic E-state index is 12.3. The minimum Gasteiger partial charge on any atom is -0.394 e. The molecule has 104 valence electrons. The summed E-state index contributed by atoms with van der Waals surface area (Å²) in [6, 6.07) is 7.00. The lowest BCUT2D eigenvalue weighted by atomic mass is 10.1. The van der Waals surface area contributed by atoms with Crippen molar-refractivity contribution in [1.82, 2.24) is 4.72 Å². The predicted octanol–water partition coefficient (Wildman–Crippen LogP) is 1.92. The smallest absolute Gasteiger partial charge is 0.226 e. The van der Waals surface area contributed by atoms with Gasteiger partial charge in [0.15, 0.2) is 4.75 Å². The van der Waals surface area contributed by atoms with Gasteiger partial charge in [0.2, 0.25) is 10.0 Å². The molecule has 1 aromatic rings. The van der Waals surface area contributed by atoms with Crippen LogP contribution in [0.25, 0.3) is 0 Å². The van der Waals surface area contributed by atoms with Crippen LogP contribution in [0.15, 0.2) is 29.4 Å². The number of nitrogens with one attached hydrogen (secondary N) is 1. The van der Waals surface area contributed by atoms with E-state index < -0.39 is 14.8 Å². The molecule has 2 rings (SSSR count). The SMILES string of the molecule is CC1=NOCC1(C)S(=O)(=O)NCc1ccc(Cl)cc1. The van der Waals surface area contributed by atoms with Crippen LogP contribution in [-0.2, 0) is 21.4 Å². The van der Waals surface area contributed by atoms with Gasteiger partial charge in [-0.25, -0.2) is 13.1 Å². The van der Waals surface area contributed by atoms with Gasteiger partial charge in [-0.1, -0.05) is 28.9 Å². The molecule has 1 unspecified atom stereocenters. The standard InChI is InChI=1S/C12H15ClN2O3S/c1-9-12(2,8-18-15-9)19(16,17)14-7-10-3-5-11(13)6-4-10/h3-6,14H,7-8H2,1-2H3. The van der Waals surface area contributed by atoms with Crippen LogP contribution in [0.5, 0.6) is 0 Å². The first-order valence-corrected chi connectivity index (χ1v) is 7.62. The zero-order valence-corrected chi connectivity index (χ0v) is 12.3.